The van der Waals surface area contributed by atoms with E-state index in [9.17, 15) is 10.1 Å². The number of ether oxygens (including phenoxy) is 2. The van der Waals surface area contributed by atoms with E-state index in [1.807, 2.05) is 25.1 Å². The Morgan fingerprint density at radius 3 is 2.75 bits per heavy atom. The molecule has 0 saturated carbocycles. The van der Waals surface area contributed by atoms with Gasteiger partial charge < -0.3 is 14.8 Å². The lowest BCUT2D eigenvalue weighted by Crippen LogP contribution is -2.24. The van der Waals surface area contributed by atoms with Gasteiger partial charge in [0, 0.05) is 17.9 Å². The van der Waals surface area contributed by atoms with Crippen LogP contribution in [0.15, 0.2) is 18.2 Å². The Hall–Kier alpha value is -3.31. The molecule has 0 radical (unpaired) electrons. The average molecular weight is 395 g/mol. The van der Waals surface area contributed by atoms with E-state index in [1.54, 1.807) is 14.2 Å². The predicted molar refractivity (Wildman–Crippen MR) is 107 cm³/mol. The van der Waals surface area contributed by atoms with Gasteiger partial charge >= 0.3 is 0 Å². The van der Waals surface area contributed by atoms with Gasteiger partial charge in [-0.1, -0.05) is 6.07 Å². The molecule has 0 unspecified atom stereocenters. The Bertz CT molecular complexity index is 1160. The number of thiophene rings is 1. The maximum atomic E-state index is 12.4. The zero-order valence-electron chi connectivity index (χ0n) is 15.7. The van der Waals surface area contributed by atoms with Crippen molar-refractivity contribution in [3.05, 3.63) is 40.5 Å². The highest BCUT2D eigenvalue weighted by Gasteiger charge is 2.34. The monoisotopic (exact) mass is 395 g/mol. The lowest BCUT2D eigenvalue weighted by Gasteiger charge is -2.23. The van der Waals surface area contributed by atoms with E-state index in [0.29, 0.717) is 29.3 Å². The van der Waals surface area contributed by atoms with Crippen LogP contribution in [0.1, 0.15) is 34.6 Å². The molecule has 4 rings (SSSR count). The van der Waals surface area contributed by atoms with Crippen LogP contribution in [0.25, 0.3) is 10.2 Å². The second-order valence-corrected chi connectivity index (χ2v) is 7.64. The van der Waals surface area contributed by atoms with Gasteiger partial charge in [-0.2, -0.15) is 5.26 Å². The van der Waals surface area contributed by atoms with Crippen molar-refractivity contribution in [2.75, 3.05) is 25.3 Å². The molecule has 3 aromatic rings. The second kappa shape index (κ2) is 6.69. The molecular formula is C20H19N4O3S+. The summed E-state index contributed by atoms with van der Waals surface area (Å²) in [6, 6.07) is 7.83. The molecule has 1 aliphatic heterocycles. The third-order valence-corrected chi connectivity index (χ3v) is 6.34. The number of H-pyrrole nitrogens is 1. The number of nitrogens with one attached hydrogen (secondary N) is 2. The molecule has 0 fully saturated rings. The molecule has 28 heavy (non-hydrogen) atoms. The summed E-state index contributed by atoms with van der Waals surface area (Å²) in [4.78, 5) is 15.6. The number of pyridine rings is 1. The summed E-state index contributed by atoms with van der Waals surface area (Å²) >= 11 is 1.46. The Labute approximate surface area is 165 Å². The van der Waals surface area contributed by atoms with Crippen LogP contribution in [0.2, 0.25) is 0 Å². The Morgan fingerprint density at radius 1 is 1.32 bits per heavy atom. The van der Waals surface area contributed by atoms with Gasteiger partial charge in [0.2, 0.25) is 5.91 Å². The molecule has 8 heteroatoms. The lowest BCUT2D eigenvalue weighted by molar-refractivity contribution is -0.327. The molecule has 0 spiro atoms. The minimum atomic E-state index is -0.166. The average Bonchev–Trinajstić information content (AvgIpc) is 3.05. The van der Waals surface area contributed by atoms with Gasteiger partial charge in [-0.15, -0.1) is 11.3 Å². The van der Waals surface area contributed by atoms with Gasteiger partial charge in [-0.3, -0.25) is 10.5 Å². The van der Waals surface area contributed by atoms with E-state index in [0.717, 1.165) is 31.9 Å². The predicted octanol–water partition coefficient (Wildman–Crippen LogP) is 2.97. The highest BCUT2D eigenvalue weighted by molar-refractivity contribution is 7.23. The van der Waals surface area contributed by atoms with Crippen molar-refractivity contribution in [3.8, 4) is 17.6 Å². The number of nitrogens with zero attached hydrogens (tertiary/aromatic N) is 1. The second-order valence-electron chi connectivity index (χ2n) is 6.62. The highest BCUT2D eigenvalue weighted by atomic mass is 32.1. The van der Waals surface area contributed by atoms with Crippen LogP contribution in [-0.2, 0) is 4.79 Å². The number of rotatable bonds is 3. The van der Waals surface area contributed by atoms with Crippen molar-refractivity contribution in [1.82, 2.24) is 0 Å². The summed E-state index contributed by atoms with van der Waals surface area (Å²) in [6.45, 7) is 1.88. The van der Waals surface area contributed by atoms with Crippen molar-refractivity contribution in [3.63, 3.8) is 0 Å². The standard InChI is InChI=1S/C20H18N4O3S/c1-9-12(8-21)19(22)24-17-16-11(7-15(25)23-20(16)28-18(9)17)10-4-5-13(26-2)14(6-10)27-3/h4-6,11H,7H2,1-3H3,(H2,22,24)(H,23,25)/p+1/t11-/m1/s1. The first-order valence-electron chi connectivity index (χ1n) is 8.68. The van der Waals surface area contributed by atoms with E-state index in [2.05, 4.69) is 16.4 Å². The molecular weight excluding hydrogens is 376 g/mol. The van der Waals surface area contributed by atoms with Crippen molar-refractivity contribution >= 4 is 38.3 Å². The summed E-state index contributed by atoms with van der Waals surface area (Å²) in [5.41, 5.74) is 10.1. The molecule has 2 aromatic heterocycles. The number of hydrogen-bond acceptors (Lipinski definition) is 6. The number of nitrogen functional groups attached to an aromatic ring is 1. The highest BCUT2D eigenvalue weighted by Crippen LogP contribution is 2.47. The molecule has 1 aromatic carbocycles. The van der Waals surface area contributed by atoms with Gasteiger partial charge in [-0.05, 0) is 30.2 Å². The van der Waals surface area contributed by atoms with Crippen molar-refractivity contribution in [2.45, 2.75) is 19.3 Å². The number of nitriles is 1. The van der Waals surface area contributed by atoms with Crippen LogP contribution >= 0.6 is 11.3 Å². The fourth-order valence-electron chi connectivity index (χ4n) is 3.73. The molecule has 7 nitrogen and oxygen atoms in total. The maximum Gasteiger partial charge on any atom is 0.289 e. The zero-order chi connectivity index (χ0) is 20.0. The largest absolute Gasteiger partial charge is 0.493 e. The van der Waals surface area contributed by atoms with Crippen molar-refractivity contribution in [2.24, 2.45) is 0 Å². The number of carbonyl (C=O) groups excluding carboxylic acids is 1. The number of nitrogens with two attached hydrogens (primary N) is 1. The van der Waals surface area contributed by atoms with Crippen LogP contribution in [0.5, 0.6) is 11.5 Å². The first kappa shape index (κ1) is 18.1. The van der Waals surface area contributed by atoms with Gasteiger partial charge in [-0.25, -0.2) is 4.98 Å². The van der Waals surface area contributed by atoms with Gasteiger partial charge in [0.15, 0.2) is 11.5 Å². The smallest absolute Gasteiger partial charge is 0.289 e. The number of anilines is 2. The number of hydrogen-bond donors (Lipinski definition) is 2. The molecule has 142 valence electrons. The number of methoxy groups -OCH3 is 2. The maximum absolute atomic E-state index is 12.4. The normalized spacial score (nSPS) is 15.6. The van der Waals surface area contributed by atoms with E-state index in [4.69, 9.17) is 15.2 Å². The molecule has 0 saturated heterocycles. The zero-order valence-corrected chi connectivity index (χ0v) is 16.5. The number of aryl methyl sites for hydroxylation is 1. The summed E-state index contributed by atoms with van der Waals surface area (Å²) in [6.07, 6.45) is 0.307. The quantitative estimate of drug-likeness (QED) is 0.708. The van der Waals surface area contributed by atoms with Crippen molar-refractivity contribution in [1.29, 1.82) is 5.26 Å². The molecule has 0 bridgehead atoms. The number of fused-ring (bicyclic) bond motifs is 3. The summed E-state index contributed by atoms with van der Waals surface area (Å²) in [5.74, 6) is 1.35. The number of aromatic amines is 1. The molecule has 1 aliphatic rings. The van der Waals surface area contributed by atoms with E-state index in [1.165, 1.54) is 11.3 Å². The summed E-state index contributed by atoms with van der Waals surface area (Å²) in [7, 11) is 3.17. The molecule has 1 atom stereocenters. The summed E-state index contributed by atoms with van der Waals surface area (Å²) in [5, 5.41) is 13.1. The minimum absolute atomic E-state index is 0.0510. The number of aromatic nitrogens is 1. The number of carbonyl (C=O) groups is 1. The third kappa shape index (κ3) is 2.63. The molecule has 4 N–H and O–H groups in total. The number of amides is 1. The lowest BCUT2D eigenvalue weighted by atomic mass is 9.86. The van der Waals surface area contributed by atoms with Gasteiger partial charge in [0.25, 0.3) is 5.82 Å². The molecule has 3 heterocycles. The van der Waals surface area contributed by atoms with E-state index >= 15 is 0 Å². The third-order valence-electron chi connectivity index (χ3n) is 5.10. The van der Waals surface area contributed by atoms with Crippen LogP contribution in [0.3, 0.4) is 0 Å². The molecule has 1 amide bonds. The van der Waals surface area contributed by atoms with Crippen LogP contribution < -0.4 is 25.5 Å². The fourth-order valence-corrected chi connectivity index (χ4v) is 4.97. The Kier molecular flexibility index (Phi) is 4.32. The van der Waals surface area contributed by atoms with Crippen LogP contribution in [-0.4, -0.2) is 20.1 Å². The van der Waals surface area contributed by atoms with Gasteiger partial charge in [0.05, 0.1) is 18.9 Å². The minimum Gasteiger partial charge on any atom is -0.493 e. The van der Waals surface area contributed by atoms with E-state index < -0.39 is 0 Å². The van der Waals surface area contributed by atoms with Gasteiger partial charge in [0.1, 0.15) is 22.2 Å². The first-order chi connectivity index (χ1) is 13.5. The number of benzene rings is 1. The summed E-state index contributed by atoms with van der Waals surface area (Å²) < 4.78 is 11.7. The Morgan fingerprint density at radius 2 is 2.07 bits per heavy atom. The van der Waals surface area contributed by atoms with Crippen LogP contribution in [0, 0.1) is 18.3 Å². The van der Waals surface area contributed by atoms with Crippen LogP contribution in [0.4, 0.5) is 10.8 Å². The Balaban J connectivity index is 1.96. The molecule has 0 aliphatic carbocycles. The topological polar surface area (TPSA) is 112 Å². The SMILES string of the molecule is COc1ccc([C@H]2CC(=O)Nc3sc4c(C)c(C#N)c(N)[nH+]c4c32)cc1OC. The van der Waals surface area contributed by atoms with E-state index in [-0.39, 0.29) is 11.8 Å². The fraction of sp³-hybridized carbons (Fsp3) is 0.250. The van der Waals surface area contributed by atoms with Crippen molar-refractivity contribution < 1.29 is 19.3 Å². The first-order valence-corrected chi connectivity index (χ1v) is 9.49.